The molecule has 0 fully saturated rings. The van der Waals surface area contributed by atoms with Crippen molar-refractivity contribution in [2.45, 2.75) is 6.92 Å². The Kier molecular flexibility index (Phi) is 3.37. The van der Waals surface area contributed by atoms with Gasteiger partial charge in [-0.15, -0.1) is 0 Å². The van der Waals surface area contributed by atoms with Gasteiger partial charge in [-0.25, -0.2) is 4.39 Å². The summed E-state index contributed by atoms with van der Waals surface area (Å²) in [6, 6.07) is 8.61. The van der Waals surface area contributed by atoms with Crippen molar-refractivity contribution < 1.29 is 14.3 Å². The molecule has 0 aliphatic rings. The third-order valence-electron chi connectivity index (χ3n) is 2.67. The van der Waals surface area contributed by atoms with Gasteiger partial charge in [-0.05, 0) is 42.8 Å². The van der Waals surface area contributed by atoms with Crippen LogP contribution in [0.3, 0.4) is 0 Å². The van der Waals surface area contributed by atoms with Crippen LogP contribution >= 0.6 is 0 Å². The summed E-state index contributed by atoms with van der Waals surface area (Å²) in [5.41, 5.74) is 6.67. The van der Waals surface area contributed by atoms with E-state index in [-0.39, 0.29) is 22.7 Å². The van der Waals surface area contributed by atoms with E-state index in [0.29, 0.717) is 0 Å². The lowest BCUT2D eigenvalue weighted by Crippen LogP contribution is -2.13. The quantitative estimate of drug-likeness (QED) is 0.574. The molecule has 0 atom stereocenters. The topological polar surface area (TPSA) is 75.4 Å². The van der Waals surface area contributed by atoms with Crippen molar-refractivity contribution in [3.05, 3.63) is 53.3 Å². The van der Waals surface area contributed by atoms with Crippen LogP contribution in [0, 0.1) is 12.7 Å². The highest BCUT2D eigenvalue weighted by Gasteiger charge is 2.10. The number of nitrogen functional groups attached to an aromatic ring is 1. The smallest absolute Gasteiger partial charge is 0.255 e. The number of phenols is 1. The van der Waals surface area contributed by atoms with Gasteiger partial charge >= 0.3 is 0 Å². The van der Waals surface area contributed by atoms with Crippen LogP contribution in [-0.4, -0.2) is 11.0 Å². The third kappa shape index (κ3) is 2.82. The zero-order chi connectivity index (χ0) is 14.0. The molecule has 0 aliphatic carbocycles. The Morgan fingerprint density at radius 3 is 2.63 bits per heavy atom. The molecule has 0 radical (unpaired) electrons. The van der Waals surface area contributed by atoms with Crippen LogP contribution in [0.5, 0.6) is 5.75 Å². The number of phenolic OH excluding ortho intramolecular Hbond substituents is 1. The molecule has 2 aromatic rings. The van der Waals surface area contributed by atoms with Crippen molar-refractivity contribution in [1.29, 1.82) is 0 Å². The number of carbonyl (C=O) groups is 1. The Balaban J connectivity index is 2.23. The van der Waals surface area contributed by atoms with Crippen LogP contribution in [0.15, 0.2) is 36.4 Å². The highest BCUT2D eigenvalue weighted by Crippen LogP contribution is 2.22. The minimum Gasteiger partial charge on any atom is -0.506 e. The number of hydrogen-bond acceptors (Lipinski definition) is 3. The molecular weight excluding hydrogens is 247 g/mol. The largest absolute Gasteiger partial charge is 0.506 e. The predicted molar refractivity (Wildman–Crippen MR) is 71.6 cm³/mol. The molecule has 0 heterocycles. The lowest BCUT2D eigenvalue weighted by molar-refractivity contribution is 0.102. The van der Waals surface area contributed by atoms with Crippen LogP contribution < -0.4 is 11.1 Å². The fourth-order valence-corrected chi connectivity index (χ4v) is 1.60. The van der Waals surface area contributed by atoms with Crippen LogP contribution in [0.25, 0.3) is 0 Å². The first kappa shape index (κ1) is 12.9. The summed E-state index contributed by atoms with van der Waals surface area (Å²) in [7, 11) is 0. The highest BCUT2D eigenvalue weighted by molar-refractivity contribution is 6.04. The SMILES string of the molecule is Cc1ccc(NC(=O)c2ccc(N)c(O)c2)c(F)c1. The van der Waals surface area contributed by atoms with Gasteiger partial charge in [0.2, 0.25) is 0 Å². The van der Waals surface area contributed by atoms with E-state index >= 15 is 0 Å². The van der Waals surface area contributed by atoms with E-state index in [9.17, 15) is 14.3 Å². The second kappa shape index (κ2) is 4.97. The monoisotopic (exact) mass is 260 g/mol. The summed E-state index contributed by atoms with van der Waals surface area (Å²) in [5.74, 6) is -1.21. The van der Waals surface area contributed by atoms with Crippen LogP contribution in [0.2, 0.25) is 0 Å². The van der Waals surface area contributed by atoms with Crippen molar-refractivity contribution in [2.24, 2.45) is 0 Å². The molecule has 2 rings (SSSR count). The standard InChI is InChI=1S/C14H13FN2O2/c1-8-2-5-12(10(15)6-8)17-14(19)9-3-4-11(16)13(18)7-9/h2-7,18H,16H2,1H3,(H,17,19). The first-order chi connectivity index (χ1) is 8.97. The molecule has 5 heteroatoms. The maximum Gasteiger partial charge on any atom is 0.255 e. The zero-order valence-electron chi connectivity index (χ0n) is 10.3. The van der Waals surface area contributed by atoms with Crippen molar-refractivity contribution in [2.75, 3.05) is 11.1 Å². The van der Waals surface area contributed by atoms with Gasteiger partial charge in [0.05, 0.1) is 11.4 Å². The van der Waals surface area contributed by atoms with Crippen LogP contribution in [0.1, 0.15) is 15.9 Å². The van der Waals surface area contributed by atoms with Gasteiger partial charge in [0, 0.05) is 5.56 Å². The number of anilines is 2. The van der Waals surface area contributed by atoms with Gasteiger partial charge < -0.3 is 16.2 Å². The van der Waals surface area contributed by atoms with Gasteiger partial charge in [-0.1, -0.05) is 6.07 Å². The fourth-order valence-electron chi connectivity index (χ4n) is 1.60. The fraction of sp³-hybridized carbons (Fsp3) is 0.0714. The lowest BCUT2D eigenvalue weighted by atomic mass is 10.1. The Morgan fingerprint density at radius 1 is 1.26 bits per heavy atom. The number of hydrogen-bond donors (Lipinski definition) is 3. The summed E-state index contributed by atoms with van der Waals surface area (Å²) < 4.78 is 13.6. The number of rotatable bonds is 2. The summed E-state index contributed by atoms with van der Waals surface area (Å²) in [6.45, 7) is 1.76. The van der Waals surface area contributed by atoms with Crippen molar-refractivity contribution in [3.63, 3.8) is 0 Å². The average molecular weight is 260 g/mol. The van der Waals surface area contributed by atoms with Crippen LogP contribution in [-0.2, 0) is 0 Å². The van der Waals surface area contributed by atoms with E-state index in [1.165, 1.54) is 30.3 Å². The highest BCUT2D eigenvalue weighted by atomic mass is 19.1. The van der Waals surface area contributed by atoms with Gasteiger partial charge in [0.25, 0.3) is 5.91 Å². The number of benzene rings is 2. The minimum absolute atomic E-state index is 0.0897. The average Bonchev–Trinajstić information content (AvgIpc) is 2.36. The molecule has 0 spiro atoms. The van der Waals surface area contributed by atoms with E-state index in [1.807, 2.05) is 0 Å². The van der Waals surface area contributed by atoms with E-state index in [1.54, 1.807) is 13.0 Å². The second-order valence-corrected chi connectivity index (χ2v) is 4.21. The van der Waals surface area contributed by atoms with E-state index in [4.69, 9.17) is 5.73 Å². The second-order valence-electron chi connectivity index (χ2n) is 4.21. The number of nitrogens with two attached hydrogens (primary N) is 1. The first-order valence-electron chi connectivity index (χ1n) is 5.63. The number of nitrogens with one attached hydrogen (secondary N) is 1. The number of aromatic hydroxyl groups is 1. The minimum atomic E-state index is -0.516. The van der Waals surface area contributed by atoms with Crippen molar-refractivity contribution in [3.8, 4) is 5.75 Å². The Hall–Kier alpha value is -2.56. The molecule has 0 aliphatic heterocycles. The normalized spacial score (nSPS) is 10.2. The molecule has 19 heavy (non-hydrogen) atoms. The first-order valence-corrected chi connectivity index (χ1v) is 5.63. The maximum absolute atomic E-state index is 13.6. The predicted octanol–water partition coefficient (Wildman–Crippen LogP) is 2.67. The van der Waals surface area contributed by atoms with E-state index < -0.39 is 11.7 Å². The number of carbonyl (C=O) groups excluding carboxylic acids is 1. The summed E-state index contributed by atoms with van der Waals surface area (Å²) >= 11 is 0. The zero-order valence-corrected chi connectivity index (χ0v) is 10.3. The van der Waals surface area contributed by atoms with Gasteiger partial charge in [-0.3, -0.25) is 4.79 Å². The van der Waals surface area contributed by atoms with Crippen molar-refractivity contribution >= 4 is 17.3 Å². The third-order valence-corrected chi connectivity index (χ3v) is 2.67. The Labute approximate surface area is 109 Å². The molecule has 1 amide bonds. The Bertz CT molecular complexity index is 641. The number of aryl methyl sites for hydroxylation is 1. The molecule has 4 N–H and O–H groups in total. The number of halogens is 1. The van der Waals surface area contributed by atoms with E-state index in [2.05, 4.69) is 5.32 Å². The molecule has 0 unspecified atom stereocenters. The molecule has 0 saturated heterocycles. The molecular formula is C14H13FN2O2. The molecule has 98 valence electrons. The van der Waals surface area contributed by atoms with Gasteiger partial charge in [0.1, 0.15) is 11.6 Å². The summed E-state index contributed by atoms with van der Waals surface area (Å²) in [5, 5.41) is 11.9. The van der Waals surface area contributed by atoms with Crippen molar-refractivity contribution in [1.82, 2.24) is 0 Å². The number of amides is 1. The molecule has 4 nitrogen and oxygen atoms in total. The molecule has 0 bridgehead atoms. The molecule has 0 saturated carbocycles. The molecule has 0 aromatic heterocycles. The maximum atomic E-state index is 13.6. The van der Waals surface area contributed by atoms with E-state index in [0.717, 1.165) is 5.56 Å². The summed E-state index contributed by atoms with van der Waals surface area (Å²) in [6.07, 6.45) is 0. The Morgan fingerprint density at radius 2 is 2.00 bits per heavy atom. The lowest BCUT2D eigenvalue weighted by Gasteiger charge is -2.08. The van der Waals surface area contributed by atoms with Crippen LogP contribution in [0.4, 0.5) is 15.8 Å². The van der Waals surface area contributed by atoms with Gasteiger partial charge in [0.15, 0.2) is 0 Å². The summed E-state index contributed by atoms with van der Waals surface area (Å²) in [4.78, 5) is 11.9. The molecule has 2 aromatic carbocycles. The van der Waals surface area contributed by atoms with Gasteiger partial charge in [-0.2, -0.15) is 0 Å².